The summed E-state index contributed by atoms with van der Waals surface area (Å²) < 4.78 is 1.58. The molecular weight excluding hydrogens is 188 g/mol. The van der Waals surface area contributed by atoms with Gasteiger partial charge >= 0.3 is 0 Å². The van der Waals surface area contributed by atoms with Crippen molar-refractivity contribution < 1.29 is 5.11 Å². The number of hydrogen-bond donors (Lipinski definition) is 1. The number of benzene rings is 1. The minimum atomic E-state index is 0.224. The van der Waals surface area contributed by atoms with Gasteiger partial charge in [-0.3, -0.25) is 0 Å². The molecular formula is C12H14N2O. The SMILES string of the molecule is Cc1ccccc1-n1nc(C)c(C)c1O. The Morgan fingerprint density at radius 1 is 1.13 bits per heavy atom. The third kappa shape index (κ3) is 1.50. The standard InChI is InChI=1S/C12H14N2O/c1-8-6-4-5-7-11(8)14-12(15)9(2)10(3)13-14/h4-7,15H,1-3H3. The Balaban J connectivity index is 2.65. The molecule has 2 rings (SSSR count). The van der Waals surface area contributed by atoms with Gasteiger partial charge in [-0.05, 0) is 32.4 Å². The van der Waals surface area contributed by atoms with E-state index in [-0.39, 0.29) is 5.88 Å². The van der Waals surface area contributed by atoms with E-state index in [1.54, 1.807) is 4.68 Å². The van der Waals surface area contributed by atoms with E-state index in [2.05, 4.69) is 5.10 Å². The fourth-order valence-electron chi connectivity index (χ4n) is 1.56. The smallest absolute Gasteiger partial charge is 0.217 e. The average Bonchev–Trinajstić information content (AvgIpc) is 2.47. The molecule has 3 nitrogen and oxygen atoms in total. The predicted molar refractivity (Wildman–Crippen MR) is 59.4 cm³/mol. The van der Waals surface area contributed by atoms with Gasteiger partial charge < -0.3 is 5.11 Å². The second kappa shape index (κ2) is 3.42. The lowest BCUT2D eigenvalue weighted by Crippen LogP contribution is -1.98. The van der Waals surface area contributed by atoms with Crippen molar-refractivity contribution in [1.82, 2.24) is 9.78 Å². The molecule has 0 bridgehead atoms. The molecule has 0 fully saturated rings. The number of aromatic nitrogens is 2. The number of aromatic hydroxyl groups is 1. The fourth-order valence-corrected chi connectivity index (χ4v) is 1.56. The second-order valence-electron chi connectivity index (χ2n) is 3.73. The van der Waals surface area contributed by atoms with Crippen LogP contribution in [0.25, 0.3) is 5.69 Å². The highest BCUT2D eigenvalue weighted by atomic mass is 16.3. The van der Waals surface area contributed by atoms with Gasteiger partial charge in [0.2, 0.25) is 5.88 Å². The molecule has 0 radical (unpaired) electrons. The monoisotopic (exact) mass is 202 g/mol. The van der Waals surface area contributed by atoms with E-state index in [1.807, 2.05) is 45.0 Å². The van der Waals surface area contributed by atoms with Gasteiger partial charge in [-0.2, -0.15) is 5.10 Å². The van der Waals surface area contributed by atoms with E-state index < -0.39 is 0 Å². The third-order valence-electron chi connectivity index (χ3n) is 2.67. The first kappa shape index (κ1) is 9.77. The van der Waals surface area contributed by atoms with Crippen LogP contribution in [0, 0.1) is 20.8 Å². The van der Waals surface area contributed by atoms with E-state index in [0.29, 0.717) is 0 Å². The van der Waals surface area contributed by atoms with E-state index in [9.17, 15) is 5.11 Å². The van der Waals surface area contributed by atoms with Gasteiger partial charge in [0.25, 0.3) is 0 Å². The van der Waals surface area contributed by atoms with Crippen LogP contribution in [-0.2, 0) is 0 Å². The molecule has 0 aliphatic heterocycles. The molecule has 0 aliphatic carbocycles. The molecule has 0 saturated heterocycles. The second-order valence-corrected chi connectivity index (χ2v) is 3.73. The Bertz CT molecular complexity index is 500. The lowest BCUT2D eigenvalue weighted by Gasteiger charge is -2.06. The number of para-hydroxylation sites is 1. The molecule has 78 valence electrons. The van der Waals surface area contributed by atoms with Crippen LogP contribution < -0.4 is 0 Å². The van der Waals surface area contributed by atoms with Gasteiger partial charge in [-0.15, -0.1) is 0 Å². The molecule has 1 aromatic carbocycles. The maximum atomic E-state index is 9.90. The number of rotatable bonds is 1. The third-order valence-corrected chi connectivity index (χ3v) is 2.67. The van der Waals surface area contributed by atoms with Crippen LogP contribution in [-0.4, -0.2) is 14.9 Å². The Kier molecular flexibility index (Phi) is 2.23. The first-order valence-corrected chi connectivity index (χ1v) is 4.92. The molecule has 0 atom stereocenters. The molecule has 15 heavy (non-hydrogen) atoms. The van der Waals surface area contributed by atoms with Gasteiger partial charge in [0.05, 0.1) is 11.4 Å². The summed E-state index contributed by atoms with van der Waals surface area (Å²) in [7, 11) is 0. The molecule has 0 spiro atoms. The predicted octanol–water partition coefficient (Wildman–Crippen LogP) is 2.50. The van der Waals surface area contributed by atoms with Crippen molar-refractivity contribution in [2.24, 2.45) is 0 Å². The largest absolute Gasteiger partial charge is 0.493 e. The first-order valence-electron chi connectivity index (χ1n) is 4.92. The summed E-state index contributed by atoms with van der Waals surface area (Å²) in [5, 5.41) is 14.2. The first-order chi connectivity index (χ1) is 7.11. The van der Waals surface area contributed by atoms with E-state index in [4.69, 9.17) is 0 Å². The summed E-state index contributed by atoms with van der Waals surface area (Å²) in [6.07, 6.45) is 0. The van der Waals surface area contributed by atoms with Crippen molar-refractivity contribution in [3.8, 4) is 11.6 Å². The van der Waals surface area contributed by atoms with Crippen molar-refractivity contribution in [1.29, 1.82) is 0 Å². The highest BCUT2D eigenvalue weighted by molar-refractivity contribution is 5.44. The Morgan fingerprint density at radius 3 is 2.33 bits per heavy atom. The molecule has 1 aromatic heterocycles. The summed E-state index contributed by atoms with van der Waals surface area (Å²) in [6.45, 7) is 5.76. The van der Waals surface area contributed by atoms with Gasteiger partial charge in [-0.25, -0.2) is 4.68 Å². The minimum absolute atomic E-state index is 0.224. The topological polar surface area (TPSA) is 38.0 Å². The molecule has 1 N–H and O–H groups in total. The highest BCUT2D eigenvalue weighted by Crippen LogP contribution is 2.24. The molecule has 0 amide bonds. The number of aryl methyl sites for hydroxylation is 2. The van der Waals surface area contributed by atoms with Crippen LogP contribution in [0.3, 0.4) is 0 Å². The summed E-state index contributed by atoms with van der Waals surface area (Å²) in [5.74, 6) is 0.224. The lowest BCUT2D eigenvalue weighted by molar-refractivity contribution is 0.430. The molecule has 0 unspecified atom stereocenters. The number of hydrogen-bond acceptors (Lipinski definition) is 2. The maximum Gasteiger partial charge on any atom is 0.217 e. The van der Waals surface area contributed by atoms with E-state index >= 15 is 0 Å². The van der Waals surface area contributed by atoms with Crippen LogP contribution in [0.1, 0.15) is 16.8 Å². The summed E-state index contributed by atoms with van der Waals surface area (Å²) >= 11 is 0. The summed E-state index contributed by atoms with van der Waals surface area (Å²) in [5.41, 5.74) is 3.70. The minimum Gasteiger partial charge on any atom is -0.493 e. The highest BCUT2D eigenvalue weighted by Gasteiger charge is 2.12. The quantitative estimate of drug-likeness (QED) is 0.771. The zero-order valence-electron chi connectivity index (χ0n) is 9.15. The Labute approximate surface area is 89.0 Å². The van der Waals surface area contributed by atoms with Crippen molar-refractivity contribution in [3.05, 3.63) is 41.1 Å². The van der Waals surface area contributed by atoms with Gasteiger partial charge in [0.1, 0.15) is 0 Å². The van der Waals surface area contributed by atoms with Crippen LogP contribution in [0.2, 0.25) is 0 Å². The summed E-state index contributed by atoms with van der Waals surface area (Å²) in [6, 6.07) is 7.86. The van der Waals surface area contributed by atoms with Crippen molar-refractivity contribution in [3.63, 3.8) is 0 Å². The average molecular weight is 202 g/mol. The van der Waals surface area contributed by atoms with Crippen LogP contribution >= 0.6 is 0 Å². The zero-order valence-corrected chi connectivity index (χ0v) is 9.15. The maximum absolute atomic E-state index is 9.90. The lowest BCUT2D eigenvalue weighted by atomic mass is 10.2. The van der Waals surface area contributed by atoms with Crippen molar-refractivity contribution in [2.75, 3.05) is 0 Å². The van der Waals surface area contributed by atoms with Crippen LogP contribution in [0.5, 0.6) is 5.88 Å². The Hall–Kier alpha value is -1.77. The number of nitrogens with zero attached hydrogens (tertiary/aromatic N) is 2. The van der Waals surface area contributed by atoms with Gasteiger partial charge in [-0.1, -0.05) is 18.2 Å². The molecule has 3 heteroatoms. The van der Waals surface area contributed by atoms with E-state index in [0.717, 1.165) is 22.5 Å². The molecule has 0 aliphatic rings. The van der Waals surface area contributed by atoms with Crippen LogP contribution in [0.4, 0.5) is 0 Å². The molecule has 2 aromatic rings. The van der Waals surface area contributed by atoms with Crippen molar-refractivity contribution >= 4 is 0 Å². The summed E-state index contributed by atoms with van der Waals surface area (Å²) in [4.78, 5) is 0. The normalized spacial score (nSPS) is 10.6. The van der Waals surface area contributed by atoms with Gasteiger partial charge in [0.15, 0.2) is 0 Å². The molecule has 0 saturated carbocycles. The fraction of sp³-hybridized carbons (Fsp3) is 0.250. The van der Waals surface area contributed by atoms with E-state index in [1.165, 1.54) is 0 Å². The van der Waals surface area contributed by atoms with Crippen LogP contribution in [0.15, 0.2) is 24.3 Å². The Morgan fingerprint density at radius 2 is 1.80 bits per heavy atom. The zero-order chi connectivity index (χ0) is 11.0. The van der Waals surface area contributed by atoms with Gasteiger partial charge in [0, 0.05) is 5.56 Å². The molecule has 1 heterocycles. The van der Waals surface area contributed by atoms with Crippen molar-refractivity contribution in [2.45, 2.75) is 20.8 Å².